The largest absolute Gasteiger partial charge is 0.497 e. The molecule has 0 aliphatic carbocycles. The number of nitrogens with two attached hydrogens (primary N) is 1. The number of hydrogen-bond acceptors (Lipinski definition) is 3. The first-order valence-corrected chi connectivity index (χ1v) is 6.26. The third-order valence-corrected chi connectivity index (χ3v) is 3.28. The molecule has 2 aromatic carbocycles. The van der Waals surface area contributed by atoms with Crippen molar-refractivity contribution >= 4 is 11.6 Å². The SMILES string of the molecule is COc1cccc(C(N)c2ccc(OC)c(Cl)c2)c1. The highest BCUT2D eigenvalue weighted by Crippen LogP contribution is 2.30. The van der Waals surface area contributed by atoms with Gasteiger partial charge in [-0.2, -0.15) is 0 Å². The average molecular weight is 278 g/mol. The number of ether oxygens (including phenoxy) is 2. The van der Waals surface area contributed by atoms with E-state index in [0.717, 1.165) is 16.9 Å². The molecule has 0 spiro atoms. The molecule has 100 valence electrons. The average Bonchev–Trinajstić information content (AvgIpc) is 2.46. The summed E-state index contributed by atoms with van der Waals surface area (Å²) in [7, 11) is 3.22. The number of halogens is 1. The van der Waals surface area contributed by atoms with E-state index in [9.17, 15) is 0 Å². The van der Waals surface area contributed by atoms with Gasteiger partial charge < -0.3 is 15.2 Å². The Morgan fingerprint density at radius 1 is 1.00 bits per heavy atom. The second-order valence-electron chi connectivity index (χ2n) is 4.15. The molecule has 0 radical (unpaired) electrons. The van der Waals surface area contributed by atoms with Crippen molar-refractivity contribution in [3.63, 3.8) is 0 Å². The lowest BCUT2D eigenvalue weighted by Gasteiger charge is -2.15. The van der Waals surface area contributed by atoms with Gasteiger partial charge in [-0.1, -0.05) is 29.8 Å². The van der Waals surface area contributed by atoms with E-state index in [1.165, 1.54) is 0 Å². The normalized spacial score (nSPS) is 12.0. The van der Waals surface area contributed by atoms with Crippen LogP contribution in [0.4, 0.5) is 0 Å². The van der Waals surface area contributed by atoms with Crippen LogP contribution in [0.15, 0.2) is 42.5 Å². The summed E-state index contributed by atoms with van der Waals surface area (Å²) in [6.45, 7) is 0. The highest BCUT2D eigenvalue weighted by Gasteiger charge is 2.12. The standard InChI is InChI=1S/C15H16ClNO2/c1-18-12-5-3-4-10(8-12)15(17)11-6-7-14(19-2)13(16)9-11/h3-9,15H,17H2,1-2H3. The van der Waals surface area contributed by atoms with Crippen LogP contribution in [0, 0.1) is 0 Å². The molecule has 3 nitrogen and oxygen atoms in total. The van der Waals surface area contributed by atoms with E-state index in [2.05, 4.69) is 0 Å². The van der Waals surface area contributed by atoms with Crippen LogP contribution in [0.25, 0.3) is 0 Å². The van der Waals surface area contributed by atoms with Gasteiger partial charge in [0.05, 0.1) is 25.3 Å². The second-order valence-corrected chi connectivity index (χ2v) is 4.56. The van der Waals surface area contributed by atoms with Crippen molar-refractivity contribution in [2.75, 3.05) is 14.2 Å². The molecule has 0 bridgehead atoms. The van der Waals surface area contributed by atoms with Crippen LogP contribution >= 0.6 is 11.6 Å². The molecule has 0 fully saturated rings. The minimum atomic E-state index is -0.251. The summed E-state index contributed by atoms with van der Waals surface area (Å²) < 4.78 is 10.3. The van der Waals surface area contributed by atoms with Crippen molar-refractivity contribution in [1.29, 1.82) is 0 Å². The fourth-order valence-electron chi connectivity index (χ4n) is 1.90. The van der Waals surface area contributed by atoms with Gasteiger partial charge in [-0.05, 0) is 35.4 Å². The summed E-state index contributed by atoms with van der Waals surface area (Å²) in [5.74, 6) is 1.43. The van der Waals surface area contributed by atoms with Crippen LogP contribution in [-0.4, -0.2) is 14.2 Å². The van der Waals surface area contributed by atoms with Gasteiger partial charge in [0.15, 0.2) is 0 Å². The van der Waals surface area contributed by atoms with Crippen LogP contribution in [0.5, 0.6) is 11.5 Å². The van der Waals surface area contributed by atoms with Gasteiger partial charge in [0, 0.05) is 0 Å². The molecule has 2 N–H and O–H groups in total. The maximum Gasteiger partial charge on any atom is 0.137 e. The summed E-state index contributed by atoms with van der Waals surface area (Å²) in [4.78, 5) is 0. The van der Waals surface area contributed by atoms with Gasteiger partial charge in [-0.25, -0.2) is 0 Å². The number of methoxy groups -OCH3 is 2. The molecule has 0 aromatic heterocycles. The van der Waals surface area contributed by atoms with Gasteiger partial charge in [-0.15, -0.1) is 0 Å². The van der Waals surface area contributed by atoms with Crippen molar-refractivity contribution in [3.8, 4) is 11.5 Å². The summed E-state index contributed by atoms with van der Waals surface area (Å²) in [6, 6.07) is 13.0. The predicted octanol–water partition coefficient (Wildman–Crippen LogP) is 3.41. The van der Waals surface area contributed by atoms with Crippen molar-refractivity contribution in [1.82, 2.24) is 0 Å². The Kier molecular flexibility index (Phi) is 4.30. The highest BCUT2D eigenvalue weighted by atomic mass is 35.5. The first kappa shape index (κ1) is 13.7. The van der Waals surface area contributed by atoms with Crippen molar-refractivity contribution in [3.05, 3.63) is 58.6 Å². The maximum atomic E-state index is 6.25. The Morgan fingerprint density at radius 3 is 2.37 bits per heavy atom. The fourth-order valence-corrected chi connectivity index (χ4v) is 2.17. The summed E-state index contributed by atoms with van der Waals surface area (Å²) in [6.07, 6.45) is 0. The van der Waals surface area contributed by atoms with E-state index in [-0.39, 0.29) is 6.04 Å². The van der Waals surface area contributed by atoms with E-state index < -0.39 is 0 Å². The number of hydrogen-bond donors (Lipinski definition) is 1. The van der Waals surface area contributed by atoms with Crippen LogP contribution in [0.1, 0.15) is 17.2 Å². The minimum Gasteiger partial charge on any atom is -0.497 e. The molecule has 1 atom stereocenters. The Labute approximate surface area is 117 Å². The van der Waals surface area contributed by atoms with Gasteiger partial charge in [0.2, 0.25) is 0 Å². The number of rotatable bonds is 4. The summed E-state index contributed by atoms with van der Waals surface area (Å²) in [5.41, 5.74) is 8.15. The molecule has 1 unspecified atom stereocenters. The monoisotopic (exact) mass is 277 g/mol. The lowest BCUT2D eigenvalue weighted by Crippen LogP contribution is -2.11. The second kappa shape index (κ2) is 5.95. The molecule has 0 amide bonds. The predicted molar refractivity (Wildman–Crippen MR) is 77.0 cm³/mol. The summed E-state index contributed by atoms with van der Waals surface area (Å²) >= 11 is 6.11. The molecule has 0 saturated heterocycles. The molecule has 0 aliphatic rings. The number of benzene rings is 2. The molecule has 0 aliphatic heterocycles. The van der Waals surface area contributed by atoms with Crippen LogP contribution in [-0.2, 0) is 0 Å². The first-order valence-electron chi connectivity index (χ1n) is 5.88. The van der Waals surface area contributed by atoms with E-state index in [0.29, 0.717) is 10.8 Å². The molecule has 2 aromatic rings. The molecule has 0 saturated carbocycles. The van der Waals surface area contributed by atoms with Gasteiger partial charge in [0.1, 0.15) is 11.5 Å². The lowest BCUT2D eigenvalue weighted by atomic mass is 9.99. The quantitative estimate of drug-likeness (QED) is 0.931. The van der Waals surface area contributed by atoms with E-state index in [4.69, 9.17) is 26.8 Å². The van der Waals surface area contributed by atoms with Gasteiger partial charge >= 0.3 is 0 Å². The van der Waals surface area contributed by atoms with E-state index >= 15 is 0 Å². The highest BCUT2D eigenvalue weighted by molar-refractivity contribution is 6.32. The Hall–Kier alpha value is -1.71. The van der Waals surface area contributed by atoms with Crippen LogP contribution in [0.2, 0.25) is 5.02 Å². The third kappa shape index (κ3) is 3.00. The van der Waals surface area contributed by atoms with Crippen molar-refractivity contribution < 1.29 is 9.47 Å². The third-order valence-electron chi connectivity index (χ3n) is 2.99. The molecular weight excluding hydrogens is 262 g/mol. The smallest absolute Gasteiger partial charge is 0.137 e. The van der Waals surface area contributed by atoms with E-state index in [1.54, 1.807) is 14.2 Å². The molecular formula is C15H16ClNO2. The van der Waals surface area contributed by atoms with Crippen molar-refractivity contribution in [2.24, 2.45) is 5.73 Å². The van der Waals surface area contributed by atoms with Crippen molar-refractivity contribution in [2.45, 2.75) is 6.04 Å². The van der Waals surface area contributed by atoms with E-state index in [1.807, 2.05) is 42.5 Å². The van der Waals surface area contributed by atoms with Gasteiger partial charge in [0.25, 0.3) is 0 Å². The maximum absolute atomic E-state index is 6.25. The molecule has 2 rings (SSSR count). The molecule has 4 heteroatoms. The Bertz CT molecular complexity index is 572. The zero-order chi connectivity index (χ0) is 13.8. The zero-order valence-electron chi connectivity index (χ0n) is 10.9. The lowest BCUT2D eigenvalue weighted by molar-refractivity contribution is 0.413. The zero-order valence-corrected chi connectivity index (χ0v) is 11.6. The minimum absolute atomic E-state index is 0.251. The van der Waals surface area contributed by atoms with Crippen LogP contribution in [0.3, 0.4) is 0 Å². The van der Waals surface area contributed by atoms with Crippen LogP contribution < -0.4 is 15.2 Å². The Balaban J connectivity index is 2.32. The molecule has 19 heavy (non-hydrogen) atoms. The topological polar surface area (TPSA) is 44.5 Å². The Morgan fingerprint density at radius 2 is 1.74 bits per heavy atom. The molecule has 0 heterocycles. The first-order chi connectivity index (χ1) is 9.15. The fraction of sp³-hybridized carbons (Fsp3) is 0.200. The summed E-state index contributed by atoms with van der Waals surface area (Å²) in [5, 5.41) is 0.554. The van der Waals surface area contributed by atoms with Gasteiger partial charge in [-0.3, -0.25) is 0 Å².